The molecule has 0 aliphatic carbocycles. The summed E-state index contributed by atoms with van der Waals surface area (Å²) in [4.78, 5) is 0. The van der Waals surface area contributed by atoms with Crippen molar-refractivity contribution in [1.82, 2.24) is 0 Å². The van der Waals surface area contributed by atoms with Gasteiger partial charge in [0.15, 0.2) is 0 Å². The summed E-state index contributed by atoms with van der Waals surface area (Å²) in [5.41, 5.74) is -0.297. The molecule has 3 atom stereocenters. The summed E-state index contributed by atoms with van der Waals surface area (Å²) < 4.78 is 38.1. The zero-order valence-electron chi connectivity index (χ0n) is 11.0. The van der Waals surface area contributed by atoms with E-state index in [1.807, 2.05) is 6.92 Å². The van der Waals surface area contributed by atoms with Crippen LogP contribution in [-0.4, -0.2) is 24.9 Å². The van der Waals surface area contributed by atoms with Crippen molar-refractivity contribution >= 4 is 0 Å². The van der Waals surface area contributed by atoms with E-state index in [-0.39, 0.29) is 23.3 Å². The lowest BCUT2D eigenvalue weighted by Crippen LogP contribution is -2.23. The molecule has 106 valence electrons. The molecule has 0 saturated carbocycles. The number of hydrogen-bond donors (Lipinski definition) is 1. The molecule has 1 aromatic carbocycles. The van der Waals surface area contributed by atoms with Gasteiger partial charge in [0, 0.05) is 24.7 Å². The molecule has 1 heterocycles. The smallest absolute Gasteiger partial charge is 0.135 e. The first-order valence-electron chi connectivity index (χ1n) is 6.41. The summed E-state index contributed by atoms with van der Waals surface area (Å²) in [6.45, 7) is 2.44. The van der Waals surface area contributed by atoms with E-state index in [1.54, 1.807) is 0 Å². The van der Waals surface area contributed by atoms with Crippen LogP contribution in [0.4, 0.5) is 8.78 Å². The predicted molar refractivity (Wildman–Crippen MR) is 66.0 cm³/mol. The Balaban J connectivity index is 2.30. The van der Waals surface area contributed by atoms with Gasteiger partial charge < -0.3 is 14.6 Å². The summed E-state index contributed by atoms with van der Waals surface area (Å²) in [5.74, 6) is -1.75. The van der Waals surface area contributed by atoms with Gasteiger partial charge in [-0.1, -0.05) is 6.92 Å². The summed E-state index contributed by atoms with van der Waals surface area (Å²) in [7, 11) is 1.34. The second-order valence-corrected chi connectivity index (χ2v) is 4.72. The molecular formula is C14H18F2O3. The highest BCUT2D eigenvalue weighted by atomic mass is 19.1. The van der Waals surface area contributed by atoms with Gasteiger partial charge in [-0.25, -0.2) is 8.78 Å². The molecule has 1 fully saturated rings. The molecule has 1 aliphatic heterocycles. The SMILES string of the molecule is CCC1OCCC1C(O)c1c(F)cc(OC)cc1F. The van der Waals surface area contributed by atoms with Crippen molar-refractivity contribution in [3.63, 3.8) is 0 Å². The van der Waals surface area contributed by atoms with Crippen molar-refractivity contribution in [2.75, 3.05) is 13.7 Å². The molecular weight excluding hydrogens is 254 g/mol. The number of aliphatic hydroxyl groups excluding tert-OH is 1. The lowest BCUT2D eigenvalue weighted by molar-refractivity contribution is 0.0276. The molecule has 1 N–H and O–H groups in total. The molecule has 2 rings (SSSR count). The molecule has 5 heteroatoms. The molecule has 0 spiro atoms. The van der Waals surface area contributed by atoms with Gasteiger partial charge in [0.2, 0.25) is 0 Å². The van der Waals surface area contributed by atoms with E-state index >= 15 is 0 Å². The third-order valence-electron chi connectivity index (χ3n) is 3.65. The predicted octanol–water partition coefficient (Wildman–Crippen LogP) is 2.82. The Morgan fingerprint density at radius 1 is 1.42 bits per heavy atom. The van der Waals surface area contributed by atoms with Crippen LogP contribution in [0.1, 0.15) is 31.4 Å². The number of hydrogen-bond acceptors (Lipinski definition) is 3. The number of halogens is 2. The lowest BCUT2D eigenvalue weighted by Gasteiger charge is -2.23. The van der Waals surface area contributed by atoms with Crippen molar-refractivity contribution in [3.05, 3.63) is 29.3 Å². The first kappa shape index (κ1) is 14.2. The van der Waals surface area contributed by atoms with E-state index in [9.17, 15) is 13.9 Å². The fraction of sp³-hybridized carbons (Fsp3) is 0.571. The van der Waals surface area contributed by atoms with Crippen LogP contribution in [0.2, 0.25) is 0 Å². The first-order valence-corrected chi connectivity index (χ1v) is 6.41. The van der Waals surface area contributed by atoms with E-state index in [0.717, 1.165) is 12.1 Å². The summed E-state index contributed by atoms with van der Waals surface area (Å²) in [6.07, 6.45) is -0.0413. The van der Waals surface area contributed by atoms with Crippen LogP contribution in [0.5, 0.6) is 5.75 Å². The number of rotatable bonds is 4. The normalized spacial score (nSPS) is 24.5. The Labute approximate surface area is 111 Å². The largest absolute Gasteiger partial charge is 0.497 e. The Bertz CT molecular complexity index is 427. The molecule has 19 heavy (non-hydrogen) atoms. The first-order chi connectivity index (χ1) is 9.08. The number of benzene rings is 1. The maximum atomic E-state index is 13.9. The van der Waals surface area contributed by atoms with Crippen LogP contribution in [0, 0.1) is 17.6 Å². The van der Waals surface area contributed by atoms with Gasteiger partial charge in [-0.05, 0) is 12.8 Å². The summed E-state index contributed by atoms with van der Waals surface area (Å²) >= 11 is 0. The Kier molecular flexibility index (Phi) is 4.37. The monoisotopic (exact) mass is 272 g/mol. The van der Waals surface area contributed by atoms with Gasteiger partial charge in [-0.3, -0.25) is 0 Å². The molecule has 0 aromatic heterocycles. The lowest BCUT2D eigenvalue weighted by atomic mass is 9.88. The minimum Gasteiger partial charge on any atom is -0.497 e. The minimum absolute atomic E-state index is 0.0978. The average molecular weight is 272 g/mol. The highest BCUT2D eigenvalue weighted by Gasteiger charge is 2.36. The molecule has 0 amide bonds. The van der Waals surface area contributed by atoms with Crippen LogP contribution < -0.4 is 4.74 Å². The van der Waals surface area contributed by atoms with Gasteiger partial charge in [-0.15, -0.1) is 0 Å². The van der Waals surface area contributed by atoms with Crippen LogP contribution in [-0.2, 0) is 4.74 Å². The summed E-state index contributed by atoms with van der Waals surface area (Å²) in [6, 6.07) is 2.16. The quantitative estimate of drug-likeness (QED) is 0.916. The summed E-state index contributed by atoms with van der Waals surface area (Å²) in [5, 5.41) is 10.2. The van der Waals surface area contributed by atoms with Crippen LogP contribution in [0.15, 0.2) is 12.1 Å². The van der Waals surface area contributed by atoms with Crippen molar-refractivity contribution in [2.45, 2.75) is 32.0 Å². The van der Waals surface area contributed by atoms with Gasteiger partial charge in [0.05, 0.1) is 24.9 Å². The molecule has 1 aromatic rings. The average Bonchev–Trinajstić information content (AvgIpc) is 2.85. The van der Waals surface area contributed by atoms with Gasteiger partial charge in [0.1, 0.15) is 17.4 Å². The van der Waals surface area contributed by atoms with E-state index in [2.05, 4.69) is 0 Å². The minimum atomic E-state index is -1.20. The van der Waals surface area contributed by atoms with Gasteiger partial charge >= 0.3 is 0 Å². The van der Waals surface area contributed by atoms with Crippen molar-refractivity contribution in [1.29, 1.82) is 0 Å². The van der Waals surface area contributed by atoms with Crippen molar-refractivity contribution < 1.29 is 23.4 Å². The highest BCUT2D eigenvalue weighted by Crippen LogP contribution is 2.37. The van der Waals surface area contributed by atoms with Crippen LogP contribution in [0.25, 0.3) is 0 Å². The Morgan fingerprint density at radius 2 is 2.05 bits per heavy atom. The van der Waals surface area contributed by atoms with Gasteiger partial charge in [0.25, 0.3) is 0 Å². The fourth-order valence-electron chi connectivity index (χ4n) is 2.62. The van der Waals surface area contributed by atoms with Gasteiger partial charge in [-0.2, -0.15) is 0 Å². The van der Waals surface area contributed by atoms with Crippen LogP contribution >= 0.6 is 0 Å². The molecule has 3 nitrogen and oxygen atoms in total. The van der Waals surface area contributed by atoms with E-state index in [1.165, 1.54) is 7.11 Å². The van der Waals surface area contributed by atoms with E-state index in [0.29, 0.717) is 19.4 Å². The second-order valence-electron chi connectivity index (χ2n) is 4.72. The van der Waals surface area contributed by atoms with Crippen molar-refractivity contribution in [3.8, 4) is 5.75 Å². The maximum absolute atomic E-state index is 13.9. The number of aliphatic hydroxyl groups is 1. The Hall–Kier alpha value is -1.20. The zero-order valence-corrected chi connectivity index (χ0v) is 11.0. The van der Waals surface area contributed by atoms with Crippen LogP contribution in [0.3, 0.4) is 0 Å². The van der Waals surface area contributed by atoms with E-state index < -0.39 is 17.7 Å². The molecule has 3 unspecified atom stereocenters. The molecule has 0 radical (unpaired) electrons. The zero-order chi connectivity index (χ0) is 14.0. The Morgan fingerprint density at radius 3 is 2.58 bits per heavy atom. The molecule has 1 aliphatic rings. The van der Waals surface area contributed by atoms with E-state index in [4.69, 9.17) is 9.47 Å². The third kappa shape index (κ3) is 2.72. The number of methoxy groups -OCH3 is 1. The molecule has 1 saturated heterocycles. The maximum Gasteiger partial charge on any atom is 0.135 e. The third-order valence-corrected chi connectivity index (χ3v) is 3.65. The van der Waals surface area contributed by atoms with Crippen molar-refractivity contribution in [2.24, 2.45) is 5.92 Å². The fourth-order valence-corrected chi connectivity index (χ4v) is 2.62. The highest BCUT2D eigenvalue weighted by molar-refractivity contribution is 5.32. The standard InChI is InChI=1S/C14H18F2O3/c1-3-12-9(4-5-19-12)14(17)13-10(15)6-8(18-2)7-11(13)16/h6-7,9,12,14,17H,3-5H2,1-2H3. The molecule has 0 bridgehead atoms. The second kappa shape index (κ2) is 5.84. The topological polar surface area (TPSA) is 38.7 Å². The number of ether oxygens (including phenoxy) is 2.